The topological polar surface area (TPSA) is 93.2 Å². The summed E-state index contributed by atoms with van der Waals surface area (Å²) in [6.07, 6.45) is 10.1. The lowest BCUT2D eigenvalue weighted by molar-refractivity contribution is -0.149. The van der Waals surface area contributed by atoms with Crippen LogP contribution < -0.4 is 0 Å². The fourth-order valence-corrected chi connectivity index (χ4v) is 3.32. The van der Waals surface area contributed by atoms with Gasteiger partial charge in [-0.05, 0) is 25.7 Å². The molecule has 0 aromatic carbocycles. The summed E-state index contributed by atoms with van der Waals surface area (Å²) >= 11 is 0. The molecule has 2 aliphatic heterocycles. The molecule has 0 spiro atoms. The first-order chi connectivity index (χ1) is 13.6. The average Bonchev–Trinajstić information content (AvgIpc) is 3.14. The maximum atomic E-state index is 12.0. The molecule has 2 heterocycles. The van der Waals surface area contributed by atoms with Crippen LogP contribution in [0, 0.1) is 0 Å². The molecule has 0 aliphatic carbocycles. The molecular formula is C20H30N2O6. The van der Waals surface area contributed by atoms with E-state index in [2.05, 4.69) is 0 Å². The number of carbonyl (C=O) groups is 4. The smallest absolute Gasteiger partial charge is 0.331 e. The van der Waals surface area contributed by atoms with Crippen molar-refractivity contribution in [3.05, 3.63) is 12.2 Å². The molecule has 156 valence electrons. The van der Waals surface area contributed by atoms with Gasteiger partial charge in [0, 0.05) is 38.3 Å². The number of carbonyl (C=O) groups excluding carboxylic acids is 4. The van der Waals surface area contributed by atoms with E-state index in [1.165, 1.54) is 0 Å². The van der Waals surface area contributed by atoms with Gasteiger partial charge in [-0.3, -0.25) is 9.59 Å². The van der Waals surface area contributed by atoms with Crippen LogP contribution in [0.25, 0.3) is 0 Å². The molecule has 2 aliphatic rings. The minimum atomic E-state index is -0.793. The zero-order chi connectivity index (χ0) is 20.2. The number of rotatable bonds is 6. The average molecular weight is 394 g/mol. The number of nitrogens with zero attached hydrogens (tertiary/aromatic N) is 2. The highest BCUT2D eigenvalue weighted by molar-refractivity contribution is 5.93. The van der Waals surface area contributed by atoms with Gasteiger partial charge in [-0.15, -0.1) is 0 Å². The van der Waals surface area contributed by atoms with Gasteiger partial charge in [-0.25, -0.2) is 9.59 Å². The summed E-state index contributed by atoms with van der Waals surface area (Å²) in [6, 6.07) is 0. The van der Waals surface area contributed by atoms with Crippen molar-refractivity contribution in [2.75, 3.05) is 39.4 Å². The first-order valence-electron chi connectivity index (χ1n) is 10.1. The third-order valence-electron chi connectivity index (χ3n) is 4.95. The highest BCUT2D eigenvalue weighted by Gasteiger charge is 2.18. The van der Waals surface area contributed by atoms with Crippen molar-refractivity contribution in [1.82, 2.24) is 9.80 Å². The standard InChI is InChI=1S/C20H30N2O6/c23-17(21-11-5-1-2-6-12-21)15-27-19(25)9-10-20(26)28-16-18(24)22-13-7-3-4-8-14-22/h9-10H,1-8,11-16H2. The monoisotopic (exact) mass is 394 g/mol. The van der Waals surface area contributed by atoms with E-state index < -0.39 is 11.9 Å². The van der Waals surface area contributed by atoms with E-state index in [1.807, 2.05) is 0 Å². The first kappa shape index (κ1) is 21.9. The van der Waals surface area contributed by atoms with Crippen LogP contribution in [-0.2, 0) is 28.7 Å². The van der Waals surface area contributed by atoms with Crippen molar-refractivity contribution in [3.8, 4) is 0 Å². The van der Waals surface area contributed by atoms with E-state index in [1.54, 1.807) is 9.80 Å². The maximum Gasteiger partial charge on any atom is 0.331 e. The molecule has 28 heavy (non-hydrogen) atoms. The Balaban J connectivity index is 1.64. The van der Waals surface area contributed by atoms with Gasteiger partial charge in [-0.1, -0.05) is 25.7 Å². The van der Waals surface area contributed by atoms with E-state index >= 15 is 0 Å². The van der Waals surface area contributed by atoms with Crippen molar-refractivity contribution in [3.63, 3.8) is 0 Å². The number of hydrogen-bond donors (Lipinski definition) is 0. The lowest BCUT2D eigenvalue weighted by atomic mass is 10.2. The van der Waals surface area contributed by atoms with Crippen LogP contribution in [0.15, 0.2) is 12.2 Å². The molecule has 2 fully saturated rings. The van der Waals surface area contributed by atoms with Crippen molar-refractivity contribution in [2.24, 2.45) is 0 Å². The summed E-state index contributed by atoms with van der Waals surface area (Å²) < 4.78 is 9.77. The Hall–Kier alpha value is -2.38. The predicted molar refractivity (Wildman–Crippen MR) is 101 cm³/mol. The summed E-state index contributed by atoms with van der Waals surface area (Å²) in [5.74, 6) is -2.04. The van der Waals surface area contributed by atoms with Gasteiger partial charge in [0.25, 0.3) is 11.8 Å². The van der Waals surface area contributed by atoms with Crippen LogP contribution in [0.2, 0.25) is 0 Å². The molecule has 2 rings (SSSR count). The van der Waals surface area contributed by atoms with Gasteiger partial charge in [0.15, 0.2) is 13.2 Å². The normalized spacial score (nSPS) is 18.3. The Morgan fingerprint density at radius 1 is 0.571 bits per heavy atom. The van der Waals surface area contributed by atoms with Crippen molar-refractivity contribution in [2.45, 2.75) is 51.4 Å². The second kappa shape index (κ2) is 12.2. The van der Waals surface area contributed by atoms with Gasteiger partial charge in [-0.2, -0.15) is 0 Å². The molecule has 0 aromatic heterocycles. The van der Waals surface area contributed by atoms with E-state index in [4.69, 9.17) is 9.47 Å². The number of amides is 2. The zero-order valence-electron chi connectivity index (χ0n) is 16.4. The molecule has 0 N–H and O–H groups in total. The summed E-state index contributed by atoms with van der Waals surface area (Å²) in [5, 5.41) is 0. The fraction of sp³-hybridized carbons (Fsp3) is 0.700. The quantitative estimate of drug-likeness (QED) is 0.500. The van der Waals surface area contributed by atoms with Gasteiger partial charge in [0.1, 0.15) is 0 Å². The Kier molecular flexibility index (Phi) is 9.51. The van der Waals surface area contributed by atoms with Gasteiger partial charge >= 0.3 is 11.9 Å². The van der Waals surface area contributed by atoms with E-state index in [-0.39, 0.29) is 25.0 Å². The van der Waals surface area contributed by atoms with E-state index in [9.17, 15) is 19.2 Å². The Morgan fingerprint density at radius 2 is 0.893 bits per heavy atom. The molecule has 2 amide bonds. The van der Waals surface area contributed by atoms with Crippen LogP contribution in [0.4, 0.5) is 0 Å². The molecule has 8 heteroatoms. The first-order valence-corrected chi connectivity index (χ1v) is 10.1. The molecule has 0 bridgehead atoms. The van der Waals surface area contributed by atoms with Crippen LogP contribution in [0.1, 0.15) is 51.4 Å². The van der Waals surface area contributed by atoms with Crippen LogP contribution >= 0.6 is 0 Å². The maximum absolute atomic E-state index is 12.0. The van der Waals surface area contributed by atoms with Crippen molar-refractivity contribution in [1.29, 1.82) is 0 Å². The molecule has 8 nitrogen and oxygen atoms in total. The number of likely N-dealkylation sites (tertiary alicyclic amines) is 2. The molecule has 2 saturated heterocycles. The van der Waals surface area contributed by atoms with E-state index in [0.717, 1.165) is 63.5 Å². The Bertz CT molecular complexity index is 523. The molecule has 0 saturated carbocycles. The third kappa shape index (κ3) is 8.10. The highest BCUT2D eigenvalue weighted by Crippen LogP contribution is 2.10. The minimum Gasteiger partial charge on any atom is -0.452 e. The highest BCUT2D eigenvalue weighted by atomic mass is 16.5. The van der Waals surface area contributed by atoms with Crippen LogP contribution in [0.3, 0.4) is 0 Å². The summed E-state index contributed by atoms with van der Waals surface area (Å²) in [7, 11) is 0. The molecule has 0 unspecified atom stereocenters. The molecule has 0 radical (unpaired) electrons. The second-order valence-electron chi connectivity index (χ2n) is 7.14. The second-order valence-corrected chi connectivity index (χ2v) is 7.14. The predicted octanol–water partition coefficient (Wildman–Crippen LogP) is 1.43. The summed E-state index contributed by atoms with van der Waals surface area (Å²) in [5.41, 5.74) is 0. The van der Waals surface area contributed by atoms with E-state index in [0.29, 0.717) is 26.2 Å². The lowest BCUT2D eigenvalue weighted by Gasteiger charge is -2.19. The minimum absolute atomic E-state index is 0.228. The number of hydrogen-bond acceptors (Lipinski definition) is 6. The van der Waals surface area contributed by atoms with Gasteiger partial charge in [0.05, 0.1) is 0 Å². The van der Waals surface area contributed by atoms with Crippen molar-refractivity contribution < 1.29 is 28.7 Å². The Morgan fingerprint density at radius 3 is 1.21 bits per heavy atom. The SMILES string of the molecule is O=C(C=CC(=O)OCC(=O)N1CCCCCC1)OCC(=O)N1CCCCCC1. The fourth-order valence-electron chi connectivity index (χ4n) is 3.32. The molecule has 0 atom stereocenters. The largest absolute Gasteiger partial charge is 0.452 e. The van der Waals surface area contributed by atoms with Gasteiger partial charge in [0.2, 0.25) is 0 Å². The van der Waals surface area contributed by atoms with Gasteiger partial charge < -0.3 is 19.3 Å². The summed E-state index contributed by atoms with van der Waals surface area (Å²) in [4.78, 5) is 50.8. The Labute approximate surface area is 165 Å². The zero-order valence-corrected chi connectivity index (χ0v) is 16.4. The summed E-state index contributed by atoms with van der Waals surface area (Å²) in [6.45, 7) is 2.05. The van der Waals surface area contributed by atoms with Crippen LogP contribution in [-0.4, -0.2) is 72.9 Å². The number of ether oxygens (including phenoxy) is 2. The number of esters is 2. The van der Waals surface area contributed by atoms with Crippen molar-refractivity contribution >= 4 is 23.8 Å². The van der Waals surface area contributed by atoms with Crippen LogP contribution in [0.5, 0.6) is 0 Å². The molecule has 0 aromatic rings. The molecular weight excluding hydrogens is 364 g/mol. The third-order valence-corrected chi connectivity index (χ3v) is 4.95. The lowest BCUT2D eigenvalue weighted by Crippen LogP contribution is -2.35.